The second-order valence-corrected chi connectivity index (χ2v) is 6.71. The molecular formula is C23H28N2O5. The number of hydrogen-bond acceptors (Lipinski definition) is 5. The maximum absolute atomic E-state index is 12.3. The van der Waals surface area contributed by atoms with Crippen LogP contribution >= 0.6 is 0 Å². The lowest BCUT2D eigenvalue weighted by atomic mass is 10.1. The molecule has 0 aromatic heterocycles. The van der Waals surface area contributed by atoms with Crippen LogP contribution in [-0.2, 0) is 9.53 Å². The van der Waals surface area contributed by atoms with Crippen molar-refractivity contribution in [3.05, 3.63) is 59.2 Å². The van der Waals surface area contributed by atoms with Crippen molar-refractivity contribution in [2.24, 2.45) is 0 Å². The summed E-state index contributed by atoms with van der Waals surface area (Å²) in [7, 11) is 0. The Hall–Kier alpha value is -3.35. The molecule has 7 nitrogen and oxygen atoms in total. The Balaban J connectivity index is 1.94. The van der Waals surface area contributed by atoms with E-state index in [0.29, 0.717) is 35.7 Å². The van der Waals surface area contributed by atoms with Crippen LogP contribution in [0.15, 0.2) is 42.5 Å². The van der Waals surface area contributed by atoms with Gasteiger partial charge in [0.05, 0.1) is 17.7 Å². The molecule has 160 valence electrons. The number of aryl methyl sites for hydroxylation is 1. The largest absolute Gasteiger partial charge is 0.483 e. The first-order valence-corrected chi connectivity index (χ1v) is 10.0. The van der Waals surface area contributed by atoms with Gasteiger partial charge in [0.1, 0.15) is 5.75 Å². The average molecular weight is 412 g/mol. The fraction of sp³-hybridized carbons (Fsp3) is 0.348. The predicted molar refractivity (Wildman–Crippen MR) is 115 cm³/mol. The van der Waals surface area contributed by atoms with Crippen LogP contribution in [0.4, 0.5) is 5.69 Å². The monoisotopic (exact) mass is 412 g/mol. The Morgan fingerprint density at radius 3 is 2.40 bits per heavy atom. The number of ether oxygens (including phenoxy) is 2. The highest BCUT2D eigenvalue weighted by Gasteiger charge is 2.15. The van der Waals surface area contributed by atoms with E-state index < -0.39 is 0 Å². The molecule has 0 bridgehead atoms. The number of nitrogens with one attached hydrogen (secondary N) is 2. The zero-order valence-corrected chi connectivity index (χ0v) is 17.6. The van der Waals surface area contributed by atoms with E-state index in [1.54, 1.807) is 36.4 Å². The number of unbranched alkanes of at least 4 members (excludes halogenated alkanes) is 1. The number of benzene rings is 2. The minimum Gasteiger partial charge on any atom is -0.483 e. The molecule has 2 aromatic rings. The molecule has 2 aromatic carbocycles. The molecule has 0 heterocycles. The van der Waals surface area contributed by atoms with Crippen LogP contribution in [0.2, 0.25) is 0 Å². The summed E-state index contributed by atoms with van der Waals surface area (Å²) in [4.78, 5) is 36.4. The SMILES string of the molecule is CCCCOC(=O)c1ccc(NC(=O)COc2c(C)cccc2C(=O)NCC)cc1. The van der Waals surface area contributed by atoms with Gasteiger partial charge in [-0.15, -0.1) is 0 Å². The lowest BCUT2D eigenvalue weighted by Gasteiger charge is -2.14. The van der Waals surface area contributed by atoms with E-state index in [9.17, 15) is 14.4 Å². The molecule has 2 rings (SSSR count). The summed E-state index contributed by atoms with van der Waals surface area (Å²) >= 11 is 0. The molecule has 0 atom stereocenters. The van der Waals surface area contributed by atoms with Crippen LogP contribution in [-0.4, -0.2) is 37.5 Å². The number of hydrogen-bond donors (Lipinski definition) is 2. The molecule has 30 heavy (non-hydrogen) atoms. The van der Waals surface area contributed by atoms with Gasteiger partial charge in [0.2, 0.25) is 0 Å². The molecule has 0 saturated heterocycles. The smallest absolute Gasteiger partial charge is 0.338 e. The van der Waals surface area contributed by atoms with Crippen LogP contribution in [0, 0.1) is 6.92 Å². The third-order valence-corrected chi connectivity index (χ3v) is 4.28. The van der Waals surface area contributed by atoms with Crippen molar-refractivity contribution in [3.8, 4) is 5.75 Å². The Bertz CT molecular complexity index is 878. The minimum atomic E-state index is -0.387. The highest BCUT2D eigenvalue weighted by Crippen LogP contribution is 2.23. The molecule has 2 N–H and O–H groups in total. The molecule has 0 aliphatic rings. The van der Waals surface area contributed by atoms with E-state index in [1.165, 1.54) is 0 Å². The Morgan fingerprint density at radius 1 is 1.00 bits per heavy atom. The molecule has 0 aliphatic carbocycles. The van der Waals surface area contributed by atoms with E-state index in [4.69, 9.17) is 9.47 Å². The van der Waals surface area contributed by atoms with Crippen LogP contribution in [0.25, 0.3) is 0 Å². The average Bonchev–Trinajstić information content (AvgIpc) is 2.73. The Kier molecular flexibility index (Phi) is 8.87. The summed E-state index contributed by atoms with van der Waals surface area (Å²) in [5, 5.41) is 5.44. The molecule has 0 fully saturated rings. The van der Waals surface area contributed by atoms with Crippen molar-refractivity contribution in [1.82, 2.24) is 5.32 Å². The standard InChI is InChI=1S/C23H28N2O5/c1-4-6-14-29-23(28)17-10-12-18(13-11-17)25-20(26)15-30-21-16(3)8-7-9-19(21)22(27)24-5-2/h7-13H,4-6,14-15H2,1-3H3,(H,24,27)(H,25,26). The Morgan fingerprint density at radius 2 is 1.73 bits per heavy atom. The number of rotatable bonds is 10. The van der Waals surface area contributed by atoms with Crippen LogP contribution in [0.1, 0.15) is 53.0 Å². The van der Waals surface area contributed by atoms with Gasteiger partial charge >= 0.3 is 5.97 Å². The van der Waals surface area contributed by atoms with Gasteiger partial charge in [0, 0.05) is 12.2 Å². The molecule has 0 aliphatic heterocycles. The number of carbonyl (C=O) groups excluding carboxylic acids is 3. The summed E-state index contributed by atoms with van der Waals surface area (Å²) in [6.45, 7) is 6.30. The second-order valence-electron chi connectivity index (χ2n) is 6.71. The van der Waals surface area contributed by atoms with E-state index in [1.807, 2.05) is 26.8 Å². The summed E-state index contributed by atoms with van der Waals surface area (Å²) in [6.07, 6.45) is 1.77. The second kappa shape index (κ2) is 11.6. The number of amides is 2. The van der Waals surface area contributed by atoms with Crippen LogP contribution in [0.5, 0.6) is 5.75 Å². The number of esters is 1. The van der Waals surface area contributed by atoms with E-state index in [2.05, 4.69) is 10.6 Å². The highest BCUT2D eigenvalue weighted by molar-refractivity contribution is 5.98. The molecular weight excluding hydrogens is 384 g/mol. The fourth-order valence-corrected chi connectivity index (χ4v) is 2.70. The lowest BCUT2D eigenvalue weighted by molar-refractivity contribution is -0.118. The van der Waals surface area contributed by atoms with Crippen molar-refractivity contribution in [2.45, 2.75) is 33.6 Å². The van der Waals surface area contributed by atoms with E-state index in [-0.39, 0.29) is 24.4 Å². The maximum atomic E-state index is 12.3. The van der Waals surface area contributed by atoms with Gasteiger partial charge in [-0.25, -0.2) is 4.79 Å². The molecule has 2 amide bonds. The summed E-state index contributed by atoms with van der Waals surface area (Å²) < 4.78 is 10.8. The van der Waals surface area contributed by atoms with Gasteiger partial charge < -0.3 is 20.1 Å². The first-order chi connectivity index (χ1) is 14.5. The van der Waals surface area contributed by atoms with Gasteiger partial charge in [-0.2, -0.15) is 0 Å². The van der Waals surface area contributed by atoms with E-state index >= 15 is 0 Å². The molecule has 0 spiro atoms. The zero-order valence-electron chi connectivity index (χ0n) is 17.6. The van der Waals surface area contributed by atoms with Gasteiger partial charge in [0.25, 0.3) is 11.8 Å². The van der Waals surface area contributed by atoms with Gasteiger partial charge in [-0.05, 0) is 56.2 Å². The minimum absolute atomic E-state index is 0.252. The normalized spacial score (nSPS) is 10.2. The first-order valence-electron chi connectivity index (χ1n) is 10.0. The quantitative estimate of drug-likeness (QED) is 0.458. The van der Waals surface area contributed by atoms with Gasteiger partial charge in [-0.1, -0.05) is 25.5 Å². The zero-order chi connectivity index (χ0) is 21.9. The van der Waals surface area contributed by atoms with Crippen molar-refractivity contribution in [3.63, 3.8) is 0 Å². The molecule has 0 saturated carbocycles. The first kappa shape index (κ1) is 22.9. The molecule has 0 unspecified atom stereocenters. The fourth-order valence-electron chi connectivity index (χ4n) is 2.70. The summed E-state index contributed by atoms with van der Waals surface area (Å²) in [5.41, 5.74) is 2.10. The predicted octanol–water partition coefficient (Wildman–Crippen LogP) is 3.72. The van der Waals surface area contributed by atoms with Gasteiger partial charge in [0.15, 0.2) is 6.61 Å². The van der Waals surface area contributed by atoms with Crippen LogP contribution < -0.4 is 15.4 Å². The number of para-hydroxylation sites is 1. The van der Waals surface area contributed by atoms with Crippen molar-refractivity contribution < 1.29 is 23.9 Å². The topological polar surface area (TPSA) is 93.7 Å². The van der Waals surface area contributed by atoms with Crippen molar-refractivity contribution >= 4 is 23.5 Å². The van der Waals surface area contributed by atoms with E-state index in [0.717, 1.165) is 18.4 Å². The maximum Gasteiger partial charge on any atom is 0.338 e. The lowest BCUT2D eigenvalue weighted by Crippen LogP contribution is -2.25. The highest BCUT2D eigenvalue weighted by atomic mass is 16.5. The number of carbonyl (C=O) groups is 3. The van der Waals surface area contributed by atoms with Crippen molar-refractivity contribution in [1.29, 1.82) is 0 Å². The van der Waals surface area contributed by atoms with Crippen LogP contribution in [0.3, 0.4) is 0 Å². The third kappa shape index (κ3) is 6.62. The molecule has 7 heteroatoms. The summed E-state index contributed by atoms with van der Waals surface area (Å²) in [6, 6.07) is 11.7. The summed E-state index contributed by atoms with van der Waals surface area (Å²) in [5.74, 6) is -0.637. The molecule has 0 radical (unpaired) electrons. The number of anilines is 1. The van der Waals surface area contributed by atoms with Crippen molar-refractivity contribution in [2.75, 3.05) is 25.1 Å². The van der Waals surface area contributed by atoms with Gasteiger partial charge in [-0.3, -0.25) is 9.59 Å². The third-order valence-electron chi connectivity index (χ3n) is 4.28. The Labute approximate surface area is 176 Å².